The molecule has 1 aliphatic heterocycles. The van der Waals surface area contributed by atoms with Crippen molar-refractivity contribution in [3.8, 4) is 0 Å². The van der Waals surface area contributed by atoms with Crippen LogP contribution in [-0.4, -0.2) is 69.9 Å². The lowest BCUT2D eigenvalue weighted by Gasteiger charge is -2.35. The molecule has 0 atom stereocenters. The molecule has 8 nitrogen and oxygen atoms in total. The summed E-state index contributed by atoms with van der Waals surface area (Å²) in [5.74, 6) is 0.736. The van der Waals surface area contributed by atoms with Crippen LogP contribution in [-0.2, 0) is 9.53 Å². The number of piperazine rings is 1. The van der Waals surface area contributed by atoms with Crippen molar-refractivity contribution >= 4 is 17.8 Å². The van der Waals surface area contributed by atoms with E-state index in [1.165, 1.54) is 12.8 Å². The maximum atomic E-state index is 12.4. The topological polar surface area (TPSA) is 79.7 Å². The van der Waals surface area contributed by atoms with E-state index in [4.69, 9.17) is 4.74 Å². The van der Waals surface area contributed by atoms with Gasteiger partial charge in [-0.05, 0) is 33.6 Å². The Hall–Kier alpha value is -2.09. The number of ether oxygens (including phenoxy) is 1. The molecule has 2 heterocycles. The molecule has 3 rings (SSSR count). The summed E-state index contributed by atoms with van der Waals surface area (Å²) >= 11 is 0. The molecule has 27 heavy (non-hydrogen) atoms. The average molecular weight is 377 g/mol. The molecule has 150 valence electrons. The molecule has 8 heteroatoms. The molecule has 0 radical (unpaired) electrons. The molecule has 1 saturated carbocycles. The van der Waals surface area contributed by atoms with E-state index >= 15 is 0 Å². The number of carbonyl (C=O) groups excluding carboxylic acids is 2. The van der Waals surface area contributed by atoms with E-state index in [1.54, 1.807) is 11.1 Å². The SMILES string of the molecule is CC(C)(C)OC(=O)N1CCN(CC(=O)Nc2ccnn2C2CCCC2)CC1. The highest BCUT2D eigenvalue weighted by Crippen LogP contribution is 2.31. The van der Waals surface area contributed by atoms with Gasteiger partial charge in [-0.15, -0.1) is 0 Å². The molecular weight excluding hydrogens is 346 g/mol. The smallest absolute Gasteiger partial charge is 0.410 e. The average Bonchev–Trinajstić information content (AvgIpc) is 3.24. The van der Waals surface area contributed by atoms with E-state index in [-0.39, 0.29) is 12.0 Å². The first kappa shape index (κ1) is 19.7. The third-order valence-electron chi connectivity index (χ3n) is 5.00. The monoisotopic (exact) mass is 377 g/mol. The van der Waals surface area contributed by atoms with Crippen LogP contribution in [0.1, 0.15) is 52.5 Å². The minimum Gasteiger partial charge on any atom is -0.444 e. The van der Waals surface area contributed by atoms with E-state index < -0.39 is 5.60 Å². The fourth-order valence-electron chi connectivity index (χ4n) is 3.65. The number of nitrogens with zero attached hydrogens (tertiary/aromatic N) is 4. The summed E-state index contributed by atoms with van der Waals surface area (Å²) in [7, 11) is 0. The van der Waals surface area contributed by atoms with Gasteiger partial charge in [0, 0.05) is 32.2 Å². The van der Waals surface area contributed by atoms with Gasteiger partial charge in [-0.2, -0.15) is 5.10 Å². The Labute approximate surface area is 160 Å². The highest BCUT2D eigenvalue weighted by atomic mass is 16.6. The standard InChI is InChI=1S/C19H31N5O3/c1-19(2,3)27-18(26)23-12-10-22(11-13-23)14-17(25)21-16-8-9-20-24(16)15-6-4-5-7-15/h8-9,15H,4-7,10-14H2,1-3H3,(H,21,25). The van der Waals surface area contributed by atoms with Crippen molar-refractivity contribution in [2.24, 2.45) is 0 Å². The number of aromatic nitrogens is 2. The molecular formula is C19H31N5O3. The van der Waals surface area contributed by atoms with Gasteiger partial charge in [0.05, 0.1) is 18.8 Å². The molecule has 2 aliphatic rings. The van der Waals surface area contributed by atoms with Crippen molar-refractivity contribution in [1.29, 1.82) is 0 Å². The largest absolute Gasteiger partial charge is 0.444 e. The summed E-state index contributed by atoms with van der Waals surface area (Å²) < 4.78 is 7.35. The normalized spacial score (nSPS) is 19.3. The van der Waals surface area contributed by atoms with Crippen molar-refractivity contribution in [3.05, 3.63) is 12.3 Å². The fraction of sp³-hybridized carbons (Fsp3) is 0.737. The van der Waals surface area contributed by atoms with Crippen LogP contribution in [0.2, 0.25) is 0 Å². The van der Waals surface area contributed by atoms with Crippen molar-refractivity contribution in [2.75, 3.05) is 38.0 Å². The molecule has 0 bridgehead atoms. The van der Waals surface area contributed by atoms with E-state index in [1.807, 2.05) is 31.5 Å². The molecule has 1 N–H and O–H groups in total. The predicted molar refractivity (Wildman–Crippen MR) is 103 cm³/mol. The van der Waals surface area contributed by atoms with Crippen LogP contribution in [0.5, 0.6) is 0 Å². The second-order valence-electron chi connectivity index (χ2n) is 8.39. The molecule has 0 spiro atoms. The van der Waals surface area contributed by atoms with Crippen LogP contribution < -0.4 is 5.32 Å². The lowest BCUT2D eigenvalue weighted by atomic mass is 10.2. The third kappa shape index (κ3) is 5.45. The number of rotatable bonds is 4. The first-order valence-electron chi connectivity index (χ1n) is 9.85. The maximum Gasteiger partial charge on any atom is 0.410 e. The summed E-state index contributed by atoms with van der Waals surface area (Å²) in [6.07, 6.45) is 6.15. The predicted octanol–water partition coefficient (Wildman–Crippen LogP) is 2.49. The Morgan fingerprint density at radius 3 is 2.48 bits per heavy atom. The number of hydrogen-bond donors (Lipinski definition) is 1. The minimum absolute atomic E-state index is 0.0412. The van der Waals surface area contributed by atoms with Crippen LogP contribution in [0.3, 0.4) is 0 Å². The number of hydrogen-bond acceptors (Lipinski definition) is 5. The summed E-state index contributed by atoms with van der Waals surface area (Å²) in [4.78, 5) is 28.3. The minimum atomic E-state index is -0.490. The Balaban J connectivity index is 1.45. The Morgan fingerprint density at radius 1 is 1.19 bits per heavy atom. The second-order valence-corrected chi connectivity index (χ2v) is 8.39. The first-order valence-corrected chi connectivity index (χ1v) is 9.85. The van der Waals surface area contributed by atoms with Gasteiger partial charge < -0.3 is 15.0 Å². The number of carbonyl (C=O) groups is 2. The molecule has 1 saturated heterocycles. The van der Waals surface area contributed by atoms with Gasteiger partial charge >= 0.3 is 6.09 Å². The second kappa shape index (κ2) is 8.29. The first-order chi connectivity index (χ1) is 12.8. The third-order valence-corrected chi connectivity index (χ3v) is 5.00. The fourth-order valence-corrected chi connectivity index (χ4v) is 3.65. The quantitative estimate of drug-likeness (QED) is 0.872. The van der Waals surface area contributed by atoms with Crippen LogP contribution in [0.15, 0.2) is 12.3 Å². The van der Waals surface area contributed by atoms with Crippen molar-refractivity contribution < 1.29 is 14.3 Å². The summed E-state index contributed by atoms with van der Waals surface area (Å²) in [5, 5.41) is 7.38. The molecule has 2 fully saturated rings. The highest BCUT2D eigenvalue weighted by molar-refractivity contribution is 5.91. The summed E-state index contributed by atoms with van der Waals surface area (Å²) in [6, 6.07) is 2.25. The lowest BCUT2D eigenvalue weighted by molar-refractivity contribution is -0.117. The van der Waals surface area contributed by atoms with Gasteiger partial charge in [-0.1, -0.05) is 12.8 Å². The van der Waals surface area contributed by atoms with Crippen LogP contribution in [0.4, 0.5) is 10.6 Å². The highest BCUT2D eigenvalue weighted by Gasteiger charge is 2.27. The zero-order valence-electron chi connectivity index (χ0n) is 16.6. The summed E-state index contributed by atoms with van der Waals surface area (Å²) in [6.45, 7) is 8.37. The van der Waals surface area contributed by atoms with Crippen LogP contribution in [0, 0.1) is 0 Å². The van der Waals surface area contributed by atoms with Gasteiger partial charge in [-0.25, -0.2) is 9.48 Å². The van der Waals surface area contributed by atoms with Crippen molar-refractivity contribution in [2.45, 2.75) is 58.1 Å². The van der Waals surface area contributed by atoms with Crippen molar-refractivity contribution in [1.82, 2.24) is 19.6 Å². The molecule has 1 aromatic heterocycles. The summed E-state index contributed by atoms with van der Waals surface area (Å²) in [5.41, 5.74) is -0.490. The van der Waals surface area contributed by atoms with Crippen LogP contribution in [0.25, 0.3) is 0 Å². The zero-order valence-corrected chi connectivity index (χ0v) is 16.6. The maximum absolute atomic E-state index is 12.4. The van der Waals surface area contributed by atoms with Gasteiger partial charge in [-0.3, -0.25) is 9.69 Å². The van der Waals surface area contributed by atoms with Gasteiger partial charge in [0.2, 0.25) is 5.91 Å². The van der Waals surface area contributed by atoms with Crippen LogP contribution >= 0.6 is 0 Å². The number of anilines is 1. The Kier molecular flexibility index (Phi) is 6.04. The molecule has 0 aromatic carbocycles. The molecule has 1 aliphatic carbocycles. The lowest BCUT2D eigenvalue weighted by Crippen LogP contribution is -2.51. The number of amides is 2. The molecule has 0 unspecified atom stereocenters. The van der Waals surface area contributed by atoms with E-state index in [2.05, 4.69) is 15.3 Å². The number of nitrogens with one attached hydrogen (secondary N) is 1. The van der Waals surface area contributed by atoms with Gasteiger partial charge in [0.25, 0.3) is 0 Å². The Morgan fingerprint density at radius 2 is 1.85 bits per heavy atom. The molecule has 2 amide bonds. The Bertz CT molecular complexity index is 653. The van der Waals surface area contributed by atoms with E-state index in [9.17, 15) is 9.59 Å². The van der Waals surface area contributed by atoms with Crippen molar-refractivity contribution in [3.63, 3.8) is 0 Å². The van der Waals surface area contributed by atoms with E-state index in [0.717, 1.165) is 18.7 Å². The zero-order chi connectivity index (χ0) is 19.4. The van der Waals surface area contributed by atoms with Gasteiger partial charge in [0.15, 0.2) is 0 Å². The molecule has 1 aromatic rings. The van der Waals surface area contributed by atoms with Gasteiger partial charge in [0.1, 0.15) is 11.4 Å². The van der Waals surface area contributed by atoms with E-state index in [0.29, 0.717) is 38.8 Å².